The molecule has 0 radical (unpaired) electrons. The summed E-state index contributed by atoms with van der Waals surface area (Å²) in [5.74, 6) is -0.455. The highest BCUT2D eigenvalue weighted by molar-refractivity contribution is 6.33. The van der Waals surface area contributed by atoms with E-state index < -0.39 is 4.92 Å². The second kappa shape index (κ2) is 9.02. The zero-order valence-electron chi connectivity index (χ0n) is 15.9. The van der Waals surface area contributed by atoms with Crippen molar-refractivity contribution in [3.05, 3.63) is 68.7 Å². The summed E-state index contributed by atoms with van der Waals surface area (Å²) in [6, 6.07) is 11.6. The molecule has 1 fully saturated rings. The number of carbonyl (C=O) groups is 2. The summed E-state index contributed by atoms with van der Waals surface area (Å²) < 4.78 is 0. The van der Waals surface area contributed by atoms with Crippen LogP contribution in [0, 0.1) is 17.0 Å². The van der Waals surface area contributed by atoms with Gasteiger partial charge in [-0.1, -0.05) is 35.9 Å². The van der Waals surface area contributed by atoms with Crippen molar-refractivity contribution in [3.63, 3.8) is 0 Å². The van der Waals surface area contributed by atoms with Gasteiger partial charge in [-0.05, 0) is 24.6 Å². The van der Waals surface area contributed by atoms with Crippen LogP contribution in [0.4, 0.5) is 11.4 Å². The molecule has 1 N–H and O–H groups in total. The summed E-state index contributed by atoms with van der Waals surface area (Å²) in [6.45, 7) is 3.81. The lowest BCUT2D eigenvalue weighted by atomic mass is 10.1. The first kappa shape index (κ1) is 20.8. The third-order valence-corrected chi connectivity index (χ3v) is 5.17. The minimum atomic E-state index is -0.512. The van der Waals surface area contributed by atoms with Gasteiger partial charge in [-0.25, -0.2) is 0 Å². The molecule has 9 heteroatoms. The van der Waals surface area contributed by atoms with Crippen molar-refractivity contribution in [2.45, 2.75) is 6.92 Å². The van der Waals surface area contributed by atoms with Gasteiger partial charge in [-0.15, -0.1) is 0 Å². The lowest BCUT2D eigenvalue weighted by molar-refractivity contribution is -0.384. The second-order valence-electron chi connectivity index (χ2n) is 6.82. The summed E-state index contributed by atoms with van der Waals surface area (Å²) >= 11 is 6.10. The van der Waals surface area contributed by atoms with E-state index in [1.54, 1.807) is 48.2 Å². The highest BCUT2D eigenvalue weighted by Crippen LogP contribution is 2.27. The fraction of sp³-hybridized carbons (Fsp3) is 0.300. The van der Waals surface area contributed by atoms with Gasteiger partial charge in [0.15, 0.2) is 0 Å². The number of nitrogens with one attached hydrogen (secondary N) is 1. The number of piperazine rings is 1. The van der Waals surface area contributed by atoms with Gasteiger partial charge >= 0.3 is 0 Å². The average Bonchev–Trinajstić information content (AvgIpc) is 2.70. The smallest absolute Gasteiger partial charge is 0.293 e. The summed E-state index contributed by atoms with van der Waals surface area (Å²) in [4.78, 5) is 39.3. The standard InChI is InChI=1S/C20H21ClN4O4/c1-14-5-4-8-17(25(28)29)19(14)22-18(26)13-23-9-11-24(12-10-23)20(27)15-6-2-3-7-16(15)21/h2-8H,9-13H2,1H3,(H,22,26). The van der Waals surface area contributed by atoms with Crippen molar-refractivity contribution in [1.82, 2.24) is 9.80 Å². The van der Waals surface area contributed by atoms with E-state index in [4.69, 9.17) is 11.6 Å². The van der Waals surface area contributed by atoms with Gasteiger partial charge in [0.2, 0.25) is 5.91 Å². The Bertz CT molecular complexity index is 942. The lowest BCUT2D eigenvalue weighted by Gasteiger charge is -2.34. The number of anilines is 1. The van der Waals surface area contributed by atoms with E-state index in [0.29, 0.717) is 42.3 Å². The highest BCUT2D eigenvalue weighted by atomic mass is 35.5. The first-order valence-corrected chi connectivity index (χ1v) is 9.54. The van der Waals surface area contributed by atoms with Crippen LogP contribution >= 0.6 is 11.6 Å². The first-order valence-electron chi connectivity index (χ1n) is 9.17. The molecule has 0 aromatic heterocycles. The predicted molar refractivity (Wildman–Crippen MR) is 110 cm³/mol. The van der Waals surface area contributed by atoms with Gasteiger partial charge in [0.1, 0.15) is 5.69 Å². The summed E-state index contributed by atoms with van der Waals surface area (Å²) in [6.07, 6.45) is 0. The fourth-order valence-electron chi connectivity index (χ4n) is 3.26. The molecule has 0 saturated carbocycles. The minimum absolute atomic E-state index is 0.0968. The fourth-order valence-corrected chi connectivity index (χ4v) is 3.48. The molecule has 2 aromatic carbocycles. The molecule has 0 spiro atoms. The number of nitro benzene ring substituents is 1. The van der Waals surface area contributed by atoms with Crippen molar-refractivity contribution in [2.24, 2.45) is 0 Å². The zero-order valence-corrected chi connectivity index (χ0v) is 16.7. The molecular formula is C20H21ClN4O4. The van der Waals surface area contributed by atoms with Gasteiger partial charge in [-0.3, -0.25) is 24.6 Å². The Hall–Kier alpha value is -2.97. The van der Waals surface area contributed by atoms with Crippen LogP contribution in [0.25, 0.3) is 0 Å². The second-order valence-corrected chi connectivity index (χ2v) is 7.23. The zero-order chi connectivity index (χ0) is 21.0. The Morgan fingerprint density at radius 2 is 1.79 bits per heavy atom. The van der Waals surface area contributed by atoms with E-state index in [9.17, 15) is 19.7 Å². The van der Waals surface area contributed by atoms with Crippen LogP contribution in [-0.2, 0) is 4.79 Å². The van der Waals surface area contributed by atoms with E-state index in [1.807, 2.05) is 4.90 Å². The number of aryl methyl sites for hydroxylation is 1. The van der Waals surface area contributed by atoms with Crippen molar-refractivity contribution < 1.29 is 14.5 Å². The Morgan fingerprint density at radius 3 is 2.45 bits per heavy atom. The van der Waals surface area contributed by atoms with Crippen molar-refractivity contribution in [1.29, 1.82) is 0 Å². The van der Waals surface area contributed by atoms with E-state index >= 15 is 0 Å². The largest absolute Gasteiger partial charge is 0.336 e. The van der Waals surface area contributed by atoms with Crippen LogP contribution in [0.2, 0.25) is 5.02 Å². The maximum atomic E-state index is 12.6. The van der Waals surface area contributed by atoms with E-state index in [-0.39, 0.29) is 29.7 Å². The van der Waals surface area contributed by atoms with Crippen molar-refractivity contribution in [2.75, 3.05) is 38.0 Å². The Kier molecular flexibility index (Phi) is 6.46. The molecule has 2 aromatic rings. The number of halogens is 1. The number of nitro groups is 1. The number of rotatable bonds is 5. The maximum absolute atomic E-state index is 12.6. The number of carbonyl (C=O) groups excluding carboxylic acids is 2. The molecule has 29 heavy (non-hydrogen) atoms. The molecule has 8 nitrogen and oxygen atoms in total. The van der Waals surface area contributed by atoms with Gasteiger partial charge in [0.05, 0.1) is 22.1 Å². The van der Waals surface area contributed by atoms with E-state index in [1.165, 1.54) is 6.07 Å². The maximum Gasteiger partial charge on any atom is 0.293 e. The summed E-state index contributed by atoms with van der Waals surface area (Å²) in [5.41, 5.74) is 1.18. The van der Waals surface area contributed by atoms with Crippen LogP contribution in [0.1, 0.15) is 15.9 Å². The average molecular weight is 417 g/mol. The van der Waals surface area contributed by atoms with Gasteiger partial charge < -0.3 is 10.2 Å². The Morgan fingerprint density at radius 1 is 1.10 bits per heavy atom. The summed E-state index contributed by atoms with van der Waals surface area (Å²) in [5, 5.41) is 14.3. The monoisotopic (exact) mass is 416 g/mol. The molecule has 0 unspecified atom stereocenters. The van der Waals surface area contributed by atoms with Crippen LogP contribution in [0.5, 0.6) is 0 Å². The minimum Gasteiger partial charge on any atom is -0.336 e. The number of hydrogen-bond donors (Lipinski definition) is 1. The van der Waals surface area contributed by atoms with Gasteiger partial charge in [-0.2, -0.15) is 0 Å². The number of amides is 2. The van der Waals surface area contributed by atoms with Gasteiger partial charge in [0, 0.05) is 32.2 Å². The Balaban J connectivity index is 1.56. The molecule has 152 valence electrons. The molecule has 3 rings (SSSR count). The molecule has 0 aliphatic carbocycles. The molecule has 1 saturated heterocycles. The quantitative estimate of drug-likeness (QED) is 0.597. The molecule has 1 aliphatic rings. The van der Waals surface area contributed by atoms with E-state index in [0.717, 1.165) is 0 Å². The third-order valence-electron chi connectivity index (χ3n) is 4.84. The van der Waals surface area contributed by atoms with Crippen LogP contribution < -0.4 is 5.32 Å². The van der Waals surface area contributed by atoms with Gasteiger partial charge in [0.25, 0.3) is 11.6 Å². The van der Waals surface area contributed by atoms with Crippen LogP contribution in [-0.4, -0.2) is 59.3 Å². The predicted octanol–water partition coefficient (Wildman–Crippen LogP) is 2.95. The molecule has 0 atom stereocenters. The van der Waals surface area contributed by atoms with Crippen LogP contribution in [0.15, 0.2) is 42.5 Å². The molecule has 2 amide bonds. The van der Waals surface area contributed by atoms with Crippen molar-refractivity contribution >= 4 is 34.8 Å². The normalized spacial score (nSPS) is 14.5. The summed E-state index contributed by atoms with van der Waals surface area (Å²) in [7, 11) is 0. The topological polar surface area (TPSA) is 95.8 Å². The van der Waals surface area contributed by atoms with E-state index in [2.05, 4.69) is 5.32 Å². The lowest BCUT2D eigenvalue weighted by Crippen LogP contribution is -2.50. The number of nitrogens with zero attached hydrogens (tertiary/aromatic N) is 3. The number of para-hydroxylation sites is 1. The SMILES string of the molecule is Cc1cccc([N+](=O)[O-])c1NC(=O)CN1CCN(C(=O)c2ccccc2Cl)CC1. The molecular weight excluding hydrogens is 396 g/mol. The first-order chi connectivity index (χ1) is 13.9. The van der Waals surface area contributed by atoms with Crippen LogP contribution in [0.3, 0.4) is 0 Å². The number of benzene rings is 2. The third kappa shape index (κ3) is 4.90. The highest BCUT2D eigenvalue weighted by Gasteiger charge is 2.25. The molecule has 1 aliphatic heterocycles. The van der Waals surface area contributed by atoms with Crippen molar-refractivity contribution in [3.8, 4) is 0 Å². The molecule has 1 heterocycles. The molecule has 0 bridgehead atoms. The Labute approximate surface area is 173 Å². The number of hydrogen-bond acceptors (Lipinski definition) is 5.